The number of hydrogen-bond acceptors (Lipinski definition) is 1. The summed E-state index contributed by atoms with van der Waals surface area (Å²) in [6, 6.07) is 0. The second kappa shape index (κ2) is 4.44. The highest BCUT2D eigenvalue weighted by atomic mass is 16.1. The van der Waals surface area contributed by atoms with Gasteiger partial charge in [0.2, 0.25) is 0 Å². The molecule has 0 aromatic carbocycles. The van der Waals surface area contributed by atoms with Crippen LogP contribution in [0.15, 0.2) is 11.6 Å². The fraction of sp³-hybridized carbons (Fsp3) is 0.727. The zero-order valence-corrected chi connectivity index (χ0v) is 8.10. The third kappa shape index (κ3) is 2.47. The summed E-state index contributed by atoms with van der Waals surface area (Å²) in [5.41, 5.74) is 1.35. The summed E-state index contributed by atoms with van der Waals surface area (Å²) in [4.78, 5) is 11.2. The topological polar surface area (TPSA) is 17.1 Å². The fourth-order valence-corrected chi connectivity index (χ4v) is 1.77. The van der Waals surface area contributed by atoms with Gasteiger partial charge in [0.05, 0.1) is 0 Å². The average Bonchev–Trinajstić information content (AvgIpc) is 2.26. The van der Waals surface area contributed by atoms with Gasteiger partial charge in [0.15, 0.2) is 5.78 Å². The van der Waals surface area contributed by atoms with E-state index >= 15 is 0 Å². The van der Waals surface area contributed by atoms with Crippen LogP contribution in [-0.2, 0) is 4.79 Å². The van der Waals surface area contributed by atoms with Crippen LogP contribution in [0.3, 0.4) is 0 Å². The van der Waals surface area contributed by atoms with E-state index in [2.05, 4.69) is 13.8 Å². The maximum absolute atomic E-state index is 11.2. The highest BCUT2D eigenvalue weighted by Gasteiger charge is 2.14. The van der Waals surface area contributed by atoms with E-state index in [1.807, 2.05) is 6.08 Å². The molecule has 0 radical (unpaired) electrons. The molecule has 0 aromatic heterocycles. The first-order chi connectivity index (χ1) is 5.76. The molecule has 1 atom stereocenters. The van der Waals surface area contributed by atoms with Crippen molar-refractivity contribution in [2.45, 2.75) is 46.0 Å². The zero-order valence-electron chi connectivity index (χ0n) is 8.10. The SMILES string of the molecule is CCC1=CC(=O)CCC(CC)C1. The number of hydrogen-bond donors (Lipinski definition) is 0. The molecule has 1 nitrogen and oxygen atoms in total. The lowest BCUT2D eigenvalue weighted by Crippen LogP contribution is -1.98. The summed E-state index contributed by atoms with van der Waals surface area (Å²) >= 11 is 0. The van der Waals surface area contributed by atoms with Crippen LogP contribution >= 0.6 is 0 Å². The third-order valence-corrected chi connectivity index (χ3v) is 2.75. The summed E-state index contributed by atoms with van der Waals surface area (Å²) in [7, 11) is 0. The number of ketones is 1. The quantitative estimate of drug-likeness (QED) is 0.616. The molecule has 0 N–H and O–H groups in total. The van der Waals surface area contributed by atoms with Crippen molar-refractivity contribution in [2.75, 3.05) is 0 Å². The van der Waals surface area contributed by atoms with Gasteiger partial charge in [-0.3, -0.25) is 4.79 Å². The Kier molecular flexibility index (Phi) is 3.51. The van der Waals surface area contributed by atoms with Gasteiger partial charge in [-0.2, -0.15) is 0 Å². The molecule has 1 rings (SSSR count). The summed E-state index contributed by atoms with van der Waals surface area (Å²) in [5.74, 6) is 1.09. The molecule has 0 amide bonds. The lowest BCUT2D eigenvalue weighted by atomic mass is 9.94. The highest BCUT2D eigenvalue weighted by molar-refractivity contribution is 5.90. The molecule has 1 heteroatoms. The van der Waals surface area contributed by atoms with Gasteiger partial charge in [-0.05, 0) is 31.3 Å². The van der Waals surface area contributed by atoms with Crippen molar-refractivity contribution in [1.29, 1.82) is 0 Å². The minimum absolute atomic E-state index is 0.336. The number of carbonyl (C=O) groups is 1. The molecule has 0 heterocycles. The predicted molar refractivity (Wildman–Crippen MR) is 51.0 cm³/mol. The zero-order chi connectivity index (χ0) is 8.97. The van der Waals surface area contributed by atoms with E-state index in [1.54, 1.807) is 0 Å². The van der Waals surface area contributed by atoms with Crippen molar-refractivity contribution in [3.63, 3.8) is 0 Å². The van der Waals surface area contributed by atoms with Crippen molar-refractivity contribution < 1.29 is 4.79 Å². The van der Waals surface area contributed by atoms with Crippen LogP contribution in [0.4, 0.5) is 0 Å². The van der Waals surface area contributed by atoms with Gasteiger partial charge < -0.3 is 0 Å². The van der Waals surface area contributed by atoms with Crippen LogP contribution in [0.25, 0.3) is 0 Å². The van der Waals surface area contributed by atoms with Crippen molar-refractivity contribution >= 4 is 5.78 Å². The van der Waals surface area contributed by atoms with Gasteiger partial charge in [0.25, 0.3) is 0 Å². The second-order valence-corrected chi connectivity index (χ2v) is 3.64. The first-order valence-corrected chi connectivity index (χ1v) is 4.98. The van der Waals surface area contributed by atoms with Crippen molar-refractivity contribution in [3.8, 4) is 0 Å². The smallest absolute Gasteiger partial charge is 0.155 e. The Hall–Kier alpha value is -0.590. The molecule has 0 saturated heterocycles. The van der Waals surface area contributed by atoms with E-state index in [4.69, 9.17) is 0 Å². The molecule has 0 aromatic rings. The van der Waals surface area contributed by atoms with Crippen LogP contribution < -0.4 is 0 Å². The van der Waals surface area contributed by atoms with E-state index in [9.17, 15) is 4.79 Å². The summed E-state index contributed by atoms with van der Waals surface area (Å²) in [6.07, 6.45) is 7.14. The summed E-state index contributed by atoms with van der Waals surface area (Å²) < 4.78 is 0. The highest BCUT2D eigenvalue weighted by Crippen LogP contribution is 2.25. The standard InChI is InChI=1S/C11H18O/c1-3-9-5-6-11(12)8-10(4-2)7-9/h8-9H,3-7H2,1-2H3. The van der Waals surface area contributed by atoms with Gasteiger partial charge in [-0.25, -0.2) is 0 Å². The maximum atomic E-state index is 11.2. The normalized spacial score (nSPS) is 25.0. The summed E-state index contributed by atoms with van der Waals surface area (Å²) in [6.45, 7) is 4.35. The molecule has 0 saturated carbocycles. The molecular weight excluding hydrogens is 148 g/mol. The Morgan fingerprint density at radius 1 is 1.50 bits per heavy atom. The van der Waals surface area contributed by atoms with Crippen molar-refractivity contribution in [1.82, 2.24) is 0 Å². The van der Waals surface area contributed by atoms with Gasteiger partial charge in [0.1, 0.15) is 0 Å². The predicted octanol–water partition coefficient (Wildman–Crippen LogP) is 3.10. The molecule has 1 unspecified atom stereocenters. The average molecular weight is 166 g/mol. The Balaban J connectivity index is 2.63. The van der Waals surface area contributed by atoms with Crippen LogP contribution in [-0.4, -0.2) is 5.78 Å². The molecule has 0 aliphatic heterocycles. The monoisotopic (exact) mass is 166 g/mol. The minimum atomic E-state index is 0.336. The Labute approximate surface area is 74.9 Å². The van der Waals surface area contributed by atoms with E-state index < -0.39 is 0 Å². The Morgan fingerprint density at radius 3 is 2.83 bits per heavy atom. The van der Waals surface area contributed by atoms with Crippen molar-refractivity contribution in [2.24, 2.45) is 5.92 Å². The lowest BCUT2D eigenvalue weighted by Gasteiger charge is -2.11. The second-order valence-electron chi connectivity index (χ2n) is 3.64. The molecule has 1 aliphatic rings. The van der Waals surface area contributed by atoms with E-state index in [-0.39, 0.29) is 0 Å². The number of carbonyl (C=O) groups excluding carboxylic acids is 1. The Morgan fingerprint density at radius 2 is 2.25 bits per heavy atom. The van der Waals surface area contributed by atoms with E-state index in [0.717, 1.165) is 31.6 Å². The first kappa shape index (κ1) is 9.50. The molecule has 68 valence electrons. The molecule has 1 aliphatic carbocycles. The maximum Gasteiger partial charge on any atom is 0.155 e. The van der Waals surface area contributed by atoms with Crippen LogP contribution in [0, 0.1) is 5.92 Å². The summed E-state index contributed by atoms with van der Waals surface area (Å²) in [5, 5.41) is 0. The van der Waals surface area contributed by atoms with Crippen LogP contribution in [0.2, 0.25) is 0 Å². The van der Waals surface area contributed by atoms with E-state index in [1.165, 1.54) is 12.0 Å². The van der Waals surface area contributed by atoms with Gasteiger partial charge in [0, 0.05) is 6.42 Å². The fourth-order valence-electron chi connectivity index (χ4n) is 1.77. The molecule has 12 heavy (non-hydrogen) atoms. The third-order valence-electron chi connectivity index (χ3n) is 2.75. The lowest BCUT2D eigenvalue weighted by molar-refractivity contribution is -0.114. The van der Waals surface area contributed by atoms with Gasteiger partial charge >= 0.3 is 0 Å². The van der Waals surface area contributed by atoms with Crippen molar-refractivity contribution in [3.05, 3.63) is 11.6 Å². The van der Waals surface area contributed by atoms with Gasteiger partial charge in [-0.1, -0.05) is 25.8 Å². The van der Waals surface area contributed by atoms with Crippen LogP contribution in [0.5, 0.6) is 0 Å². The van der Waals surface area contributed by atoms with Gasteiger partial charge in [-0.15, -0.1) is 0 Å². The van der Waals surface area contributed by atoms with Crippen LogP contribution in [0.1, 0.15) is 46.0 Å². The molecule has 0 fully saturated rings. The first-order valence-electron chi connectivity index (χ1n) is 4.98. The Bertz CT molecular complexity index is 191. The molecular formula is C11H18O. The largest absolute Gasteiger partial charge is 0.295 e. The molecule has 0 spiro atoms. The number of rotatable bonds is 2. The van der Waals surface area contributed by atoms with E-state index in [0.29, 0.717) is 5.78 Å². The number of allylic oxidation sites excluding steroid dienone is 2. The molecule has 0 bridgehead atoms. The minimum Gasteiger partial charge on any atom is -0.295 e.